The molecular weight excluding hydrogens is 456 g/mol. The fourth-order valence-corrected chi connectivity index (χ4v) is 4.25. The van der Waals surface area contributed by atoms with E-state index < -0.39 is 0 Å². The Hall–Kier alpha value is -2.05. The second kappa shape index (κ2) is 10.1. The van der Waals surface area contributed by atoms with Crippen LogP contribution in [0, 0.1) is 0 Å². The van der Waals surface area contributed by atoms with Crippen LogP contribution in [-0.4, -0.2) is 36.4 Å². The van der Waals surface area contributed by atoms with E-state index in [2.05, 4.69) is 21.2 Å². The average molecular weight is 480 g/mol. The SMILES string of the molecule is CN(C(=O)c1ccccc1NC(=O)COc1ccc(Br)cc1Cl)C1CCCCC1. The summed E-state index contributed by atoms with van der Waals surface area (Å²) in [6.07, 6.45) is 5.58. The number of ether oxygens (including phenoxy) is 1. The summed E-state index contributed by atoms with van der Waals surface area (Å²) in [4.78, 5) is 27.2. The van der Waals surface area contributed by atoms with Crippen LogP contribution in [0.25, 0.3) is 0 Å². The summed E-state index contributed by atoms with van der Waals surface area (Å²) in [6, 6.07) is 12.5. The molecule has 0 bridgehead atoms. The van der Waals surface area contributed by atoms with Crippen LogP contribution in [0.3, 0.4) is 0 Å². The zero-order chi connectivity index (χ0) is 20.8. The van der Waals surface area contributed by atoms with Gasteiger partial charge < -0.3 is 15.0 Å². The monoisotopic (exact) mass is 478 g/mol. The number of nitrogens with one attached hydrogen (secondary N) is 1. The number of amides is 2. The molecule has 0 aliphatic heterocycles. The number of nitrogens with zero attached hydrogens (tertiary/aromatic N) is 1. The quantitative estimate of drug-likeness (QED) is 0.593. The maximum Gasteiger partial charge on any atom is 0.262 e. The van der Waals surface area contributed by atoms with Crippen molar-refractivity contribution in [3.8, 4) is 5.75 Å². The van der Waals surface area contributed by atoms with E-state index in [-0.39, 0.29) is 24.5 Å². The third-order valence-electron chi connectivity index (χ3n) is 5.13. The van der Waals surface area contributed by atoms with Gasteiger partial charge in [0.15, 0.2) is 6.61 Å². The molecule has 1 aliphatic carbocycles. The van der Waals surface area contributed by atoms with Crippen LogP contribution >= 0.6 is 27.5 Å². The molecule has 1 N–H and O–H groups in total. The van der Waals surface area contributed by atoms with Crippen molar-refractivity contribution in [3.63, 3.8) is 0 Å². The highest BCUT2D eigenvalue weighted by Gasteiger charge is 2.24. The molecule has 7 heteroatoms. The molecule has 0 aromatic heterocycles. The topological polar surface area (TPSA) is 58.6 Å². The molecule has 0 spiro atoms. The lowest BCUT2D eigenvalue weighted by Crippen LogP contribution is -2.38. The minimum atomic E-state index is -0.357. The van der Waals surface area contributed by atoms with Gasteiger partial charge in [-0.3, -0.25) is 9.59 Å². The summed E-state index contributed by atoms with van der Waals surface area (Å²) in [5, 5.41) is 3.20. The van der Waals surface area contributed by atoms with Crippen molar-refractivity contribution in [1.29, 1.82) is 0 Å². The number of benzene rings is 2. The van der Waals surface area contributed by atoms with Crippen LogP contribution in [0.2, 0.25) is 5.02 Å². The van der Waals surface area contributed by atoms with E-state index in [1.807, 2.05) is 11.9 Å². The first kappa shape index (κ1) is 21.7. The van der Waals surface area contributed by atoms with E-state index in [4.69, 9.17) is 16.3 Å². The van der Waals surface area contributed by atoms with Crippen molar-refractivity contribution < 1.29 is 14.3 Å². The van der Waals surface area contributed by atoms with Gasteiger partial charge in [-0.25, -0.2) is 0 Å². The lowest BCUT2D eigenvalue weighted by atomic mass is 9.94. The number of carbonyl (C=O) groups is 2. The molecule has 3 rings (SSSR count). The predicted molar refractivity (Wildman–Crippen MR) is 119 cm³/mol. The first-order chi connectivity index (χ1) is 14.0. The van der Waals surface area contributed by atoms with Crippen molar-refractivity contribution in [2.45, 2.75) is 38.1 Å². The molecule has 154 valence electrons. The molecule has 0 atom stereocenters. The maximum absolute atomic E-state index is 13.0. The number of rotatable bonds is 6. The van der Waals surface area contributed by atoms with Crippen LogP contribution in [0.4, 0.5) is 5.69 Å². The predicted octanol–water partition coefficient (Wildman–Crippen LogP) is 5.52. The van der Waals surface area contributed by atoms with Crippen molar-refractivity contribution in [2.75, 3.05) is 19.0 Å². The molecule has 0 heterocycles. The van der Waals surface area contributed by atoms with Gasteiger partial charge in [-0.2, -0.15) is 0 Å². The Kier molecular flexibility index (Phi) is 7.56. The molecule has 2 amide bonds. The van der Waals surface area contributed by atoms with Crippen LogP contribution in [0.5, 0.6) is 5.75 Å². The van der Waals surface area contributed by atoms with E-state index in [1.165, 1.54) is 6.42 Å². The number of hydrogen-bond acceptors (Lipinski definition) is 3. The number of hydrogen-bond donors (Lipinski definition) is 1. The van der Waals surface area contributed by atoms with E-state index in [0.29, 0.717) is 22.0 Å². The van der Waals surface area contributed by atoms with Crippen molar-refractivity contribution in [3.05, 3.63) is 57.5 Å². The largest absolute Gasteiger partial charge is 0.482 e. The van der Waals surface area contributed by atoms with E-state index >= 15 is 0 Å². The van der Waals surface area contributed by atoms with Crippen LogP contribution < -0.4 is 10.1 Å². The van der Waals surface area contributed by atoms with Gasteiger partial charge in [0.25, 0.3) is 11.8 Å². The molecule has 0 radical (unpaired) electrons. The van der Waals surface area contributed by atoms with Gasteiger partial charge in [0.2, 0.25) is 0 Å². The van der Waals surface area contributed by atoms with Crippen LogP contribution in [0.15, 0.2) is 46.9 Å². The summed E-state index contributed by atoms with van der Waals surface area (Å²) in [5.41, 5.74) is 0.964. The second-order valence-electron chi connectivity index (χ2n) is 7.17. The van der Waals surface area contributed by atoms with Gasteiger partial charge in [-0.1, -0.05) is 58.9 Å². The highest BCUT2D eigenvalue weighted by molar-refractivity contribution is 9.10. The maximum atomic E-state index is 13.0. The Morgan fingerprint density at radius 3 is 2.62 bits per heavy atom. The van der Waals surface area contributed by atoms with Crippen molar-refractivity contribution in [2.24, 2.45) is 0 Å². The lowest BCUT2D eigenvalue weighted by Gasteiger charge is -2.31. The molecule has 0 unspecified atom stereocenters. The molecular formula is C22H24BrClN2O3. The zero-order valence-electron chi connectivity index (χ0n) is 16.3. The molecule has 2 aromatic carbocycles. The summed E-state index contributed by atoms with van der Waals surface area (Å²) < 4.78 is 6.34. The second-order valence-corrected chi connectivity index (χ2v) is 8.49. The molecule has 29 heavy (non-hydrogen) atoms. The van der Waals surface area contributed by atoms with Gasteiger partial charge >= 0.3 is 0 Å². The Labute approximate surface area is 184 Å². The standard InChI is InChI=1S/C22H24BrClN2O3/c1-26(16-7-3-2-4-8-16)22(28)17-9-5-6-10-19(17)25-21(27)14-29-20-12-11-15(23)13-18(20)24/h5-6,9-13,16H,2-4,7-8,14H2,1H3,(H,25,27). The minimum Gasteiger partial charge on any atom is -0.482 e. The molecule has 2 aromatic rings. The molecule has 5 nitrogen and oxygen atoms in total. The number of carbonyl (C=O) groups excluding carboxylic acids is 2. The minimum absolute atomic E-state index is 0.0790. The Morgan fingerprint density at radius 1 is 1.17 bits per heavy atom. The van der Waals surface area contributed by atoms with Gasteiger partial charge in [0.05, 0.1) is 16.3 Å². The highest BCUT2D eigenvalue weighted by Crippen LogP contribution is 2.28. The normalized spacial score (nSPS) is 14.3. The van der Waals surface area contributed by atoms with Crippen LogP contribution in [0.1, 0.15) is 42.5 Å². The molecule has 1 saturated carbocycles. The fraction of sp³-hybridized carbons (Fsp3) is 0.364. The molecule has 1 fully saturated rings. The molecule has 1 aliphatic rings. The first-order valence-electron chi connectivity index (χ1n) is 9.69. The van der Waals surface area contributed by atoms with Gasteiger partial charge in [0.1, 0.15) is 5.75 Å². The fourth-order valence-electron chi connectivity index (χ4n) is 3.52. The Morgan fingerprint density at radius 2 is 1.90 bits per heavy atom. The van der Waals surface area contributed by atoms with Gasteiger partial charge in [-0.15, -0.1) is 0 Å². The first-order valence-corrected chi connectivity index (χ1v) is 10.9. The van der Waals surface area contributed by atoms with Crippen molar-refractivity contribution >= 4 is 45.0 Å². The Bertz CT molecular complexity index is 884. The highest BCUT2D eigenvalue weighted by atomic mass is 79.9. The zero-order valence-corrected chi connectivity index (χ0v) is 18.6. The number of halogens is 2. The van der Waals surface area contributed by atoms with Crippen molar-refractivity contribution in [1.82, 2.24) is 4.90 Å². The van der Waals surface area contributed by atoms with E-state index in [0.717, 1.165) is 30.2 Å². The average Bonchev–Trinajstić information content (AvgIpc) is 2.73. The summed E-state index contributed by atoms with van der Waals surface area (Å²) >= 11 is 9.44. The smallest absolute Gasteiger partial charge is 0.262 e. The van der Waals surface area contributed by atoms with Gasteiger partial charge in [0, 0.05) is 17.6 Å². The van der Waals surface area contributed by atoms with E-state index in [1.54, 1.807) is 42.5 Å². The number of anilines is 1. The third kappa shape index (κ3) is 5.73. The lowest BCUT2D eigenvalue weighted by molar-refractivity contribution is -0.118. The molecule has 0 saturated heterocycles. The summed E-state index contributed by atoms with van der Waals surface area (Å²) in [6.45, 7) is -0.206. The summed E-state index contributed by atoms with van der Waals surface area (Å²) in [5.74, 6) is -0.0133. The number of para-hydroxylation sites is 1. The Balaban J connectivity index is 1.65. The van der Waals surface area contributed by atoms with E-state index in [9.17, 15) is 9.59 Å². The van der Waals surface area contributed by atoms with Crippen LogP contribution in [-0.2, 0) is 4.79 Å². The van der Waals surface area contributed by atoms with Gasteiger partial charge in [-0.05, 0) is 43.2 Å². The third-order valence-corrected chi connectivity index (χ3v) is 5.92. The summed E-state index contributed by atoms with van der Waals surface area (Å²) in [7, 11) is 1.84.